The highest BCUT2D eigenvalue weighted by Gasteiger charge is 2.14. The van der Waals surface area contributed by atoms with Crippen LogP contribution in [0.2, 0.25) is 10.0 Å². The fraction of sp³-hybridized carbons (Fsp3) is 0. The Hall–Kier alpha value is -2.10. The zero-order valence-corrected chi connectivity index (χ0v) is 12.2. The molecule has 3 aromatic rings. The van der Waals surface area contributed by atoms with E-state index in [-0.39, 0.29) is 5.56 Å². The molecule has 0 aliphatic heterocycles. The molecule has 0 spiro atoms. The molecule has 0 unspecified atom stereocenters. The van der Waals surface area contributed by atoms with Crippen molar-refractivity contribution < 1.29 is 9.90 Å². The van der Waals surface area contributed by atoms with Crippen molar-refractivity contribution in [2.24, 2.45) is 0 Å². The van der Waals surface area contributed by atoms with Gasteiger partial charge in [-0.2, -0.15) is 0 Å². The summed E-state index contributed by atoms with van der Waals surface area (Å²) in [4.78, 5) is 16.0. The van der Waals surface area contributed by atoms with Gasteiger partial charge in [0.05, 0.1) is 16.8 Å². The lowest BCUT2D eigenvalue weighted by molar-refractivity contribution is 0.0699. The highest BCUT2D eigenvalue weighted by atomic mass is 35.5. The third-order valence-electron chi connectivity index (χ3n) is 3.15. The van der Waals surface area contributed by atoms with Gasteiger partial charge < -0.3 is 5.11 Å². The van der Waals surface area contributed by atoms with E-state index in [0.29, 0.717) is 32.2 Å². The molecule has 21 heavy (non-hydrogen) atoms. The lowest BCUT2D eigenvalue weighted by atomic mass is 10.0. The van der Waals surface area contributed by atoms with Gasteiger partial charge in [-0.25, -0.2) is 9.78 Å². The van der Waals surface area contributed by atoms with Crippen LogP contribution in [0.15, 0.2) is 48.5 Å². The van der Waals surface area contributed by atoms with Gasteiger partial charge in [-0.05, 0) is 24.3 Å². The molecule has 0 bridgehead atoms. The van der Waals surface area contributed by atoms with E-state index >= 15 is 0 Å². The molecule has 104 valence electrons. The largest absolute Gasteiger partial charge is 0.478 e. The second-order valence-corrected chi connectivity index (χ2v) is 5.35. The number of benzene rings is 2. The van der Waals surface area contributed by atoms with Gasteiger partial charge in [0.1, 0.15) is 0 Å². The first-order chi connectivity index (χ1) is 10.1. The van der Waals surface area contributed by atoms with Crippen LogP contribution in [-0.2, 0) is 0 Å². The maximum atomic E-state index is 11.5. The van der Waals surface area contributed by atoms with E-state index in [1.807, 2.05) is 12.1 Å². The monoisotopic (exact) mass is 317 g/mol. The fourth-order valence-corrected chi connectivity index (χ4v) is 2.58. The van der Waals surface area contributed by atoms with E-state index in [0.717, 1.165) is 0 Å². The van der Waals surface area contributed by atoms with Gasteiger partial charge in [-0.15, -0.1) is 0 Å². The molecule has 1 N–H and O–H groups in total. The number of hydrogen-bond donors (Lipinski definition) is 1. The number of rotatable bonds is 2. The molecule has 0 radical (unpaired) electrons. The van der Waals surface area contributed by atoms with E-state index in [1.165, 1.54) is 6.07 Å². The molecule has 0 amide bonds. The number of fused-ring (bicyclic) bond motifs is 1. The van der Waals surface area contributed by atoms with Gasteiger partial charge in [-0.3, -0.25) is 0 Å². The minimum Gasteiger partial charge on any atom is -0.478 e. The molecule has 0 aliphatic rings. The Balaban J connectivity index is 2.35. The van der Waals surface area contributed by atoms with Crippen LogP contribution < -0.4 is 0 Å². The summed E-state index contributed by atoms with van der Waals surface area (Å²) in [5.74, 6) is -1.02. The van der Waals surface area contributed by atoms with E-state index in [1.54, 1.807) is 30.3 Å². The first-order valence-electron chi connectivity index (χ1n) is 6.15. The molecule has 3 rings (SSSR count). The Kier molecular flexibility index (Phi) is 3.53. The number of halogens is 2. The number of pyridine rings is 1. The summed E-state index contributed by atoms with van der Waals surface area (Å²) in [5, 5.41) is 11.0. The molecule has 1 heterocycles. The number of aromatic carboxylic acids is 1. The number of carbonyl (C=O) groups is 1. The van der Waals surface area contributed by atoms with Crippen molar-refractivity contribution in [3.8, 4) is 11.3 Å². The lowest BCUT2D eigenvalue weighted by Gasteiger charge is -2.08. The predicted molar refractivity (Wildman–Crippen MR) is 84.2 cm³/mol. The zero-order valence-electron chi connectivity index (χ0n) is 10.7. The van der Waals surface area contributed by atoms with Crippen molar-refractivity contribution in [3.05, 3.63) is 64.1 Å². The average Bonchev–Trinajstić information content (AvgIpc) is 2.46. The minimum atomic E-state index is -1.02. The Bertz CT molecular complexity index is 862. The van der Waals surface area contributed by atoms with Crippen LogP contribution in [0.4, 0.5) is 0 Å². The first kappa shape index (κ1) is 13.9. The van der Waals surface area contributed by atoms with Crippen LogP contribution in [0.3, 0.4) is 0 Å². The fourth-order valence-electron chi connectivity index (χ4n) is 2.19. The van der Waals surface area contributed by atoms with Crippen LogP contribution in [-0.4, -0.2) is 16.1 Å². The molecule has 2 aromatic carbocycles. The second kappa shape index (κ2) is 5.35. The van der Waals surface area contributed by atoms with Crippen LogP contribution in [0.5, 0.6) is 0 Å². The number of carboxylic acids is 1. The minimum absolute atomic E-state index is 0.173. The number of hydrogen-bond acceptors (Lipinski definition) is 2. The first-order valence-corrected chi connectivity index (χ1v) is 6.90. The average molecular weight is 318 g/mol. The van der Waals surface area contributed by atoms with Crippen molar-refractivity contribution in [1.82, 2.24) is 4.98 Å². The van der Waals surface area contributed by atoms with E-state index in [4.69, 9.17) is 23.2 Å². The molecule has 0 atom stereocenters. The summed E-state index contributed by atoms with van der Waals surface area (Å²) in [6.07, 6.45) is 0. The van der Waals surface area contributed by atoms with Gasteiger partial charge in [-0.1, -0.05) is 47.5 Å². The lowest BCUT2D eigenvalue weighted by Crippen LogP contribution is -2.00. The standard InChI is InChI=1S/C16H9Cl2NO2/c17-9-5-6-10-12(16(20)21)8-15(19-14(10)7-9)11-3-1-2-4-13(11)18/h1-8H,(H,20,21). The highest BCUT2D eigenvalue weighted by Crippen LogP contribution is 2.30. The number of aromatic nitrogens is 1. The van der Waals surface area contributed by atoms with E-state index < -0.39 is 5.97 Å². The molecule has 3 nitrogen and oxygen atoms in total. The SMILES string of the molecule is O=C(O)c1cc(-c2ccccc2Cl)nc2cc(Cl)ccc12. The van der Waals surface area contributed by atoms with Crippen molar-refractivity contribution in [2.45, 2.75) is 0 Å². The third kappa shape index (κ3) is 2.58. The maximum absolute atomic E-state index is 11.5. The quantitative estimate of drug-likeness (QED) is 0.730. The molecule has 5 heteroatoms. The summed E-state index contributed by atoms with van der Waals surface area (Å²) < 4.78 is 0. The molecular formula is C16H9Cl2NO2. The Labute approximate surface area is 130 Å². The number of carboxylic acid groups (broad SMARTS) is 1. The van der Waals surface area contributed by atoms with Gasteiger partial charge in [0.15, 0.2) is 0 Å². The normalized spacial score (nSPS) is 10.8. The molecule has 0 fully saturated rings. The van der Waals surface area contributed by atoms with Gasteiger partial charge in [0.2, 0.25) is 0 Å². The summed E-state index contributed by atoms with van der Waals surface area (Å²) in [6, 6.07) is 13.6. The smallest absolute Gasteiger partial charge is 0.336 e. The third-order valence-corrected chi connectivity index (χ3v) is 3.72. The van der Waals surface area contributed by atoms with Crippen molar-refractivity contribution in [3.63, 3.8) is 0 Å². The highest BCUT2D eigenvalue weighted by molar-refractivity contribution is 6.33. The van der Waals surface area contributed by atoms with Crippen molar-refractivity contribution in [2.75, 3.05) is 0 Å². The maximum Gasteiger partial charge on any atom is 0.336 e. The van der Waals surface area contributed by atoms with Crippen LogP contribution in [0, 0.1) is 0 Å². The summed E-state index contributed by atoms with van der Waals surface area (Å²) in [5.41, 5.74) is 1.89. The van der Waals surface area contributed by atoms with Gasteiger partial charge >= 0.3 is 5.97 Å². The van der Waals surface area contributed by atoms with Crippen molar-refractivity contribution in [1.29, 1.82) is 0 Å². The summed E-state index contributed by atoms with van der Waals surface area (Å²) >= 11 is 12.1. The Morgan fingerprint density at radius 3 is 2.52 bits per heavy atom. The molecule has 1 aromatic heterocycles. The Morgan fingerprint density at radius 2 is 1.81 bits per heavy atom. The molecule has 0 aliphatic carbocycles. The Morgan fingerprint density at radius 1 is 1.05 bits per heavy atom. The zero-order chi connectivity index (χ0) is 15.0. The van der Waals surface area contributed by atoms with Gasteiger partial charge in [0.25, 0.3) is 0 Å². The van der Waals surface area contributed by atoms with Crippen LogP contribution in [0.25, 0.3) is 22.2 Å². The van der Waals surface area contributed by atoms with Gasteiger partial charge in [0, 0.05) is 21.0 Å². The van der Waals surface area contributed by atoms with Crippen LogP contribution >= 0.6 is 23.2 Å². The predicted octanol–water partition coefficient (Wildman–Crippen LogP) is 4.91. The summed E-state index contributed by atoms with van der Waals surface area (Å²) in [7, 11) is 0. The van der Waals surface area contributed by atoms with E-state index in [9.17, 15) is 9.90 Å². The second-order valence-electron chi connectivity index (χ2n) is 4.50. The van der Waals surface area contributed by atoms with Crippen molar-refractivity contribution >= 4 is 40.1 Å². The van der Waals surface area contributed by atoms with Crippen LogP contribution in [0.1, 0.15) is 10.4 Å². The molecule has 0 saturated carbocycles. The molecule has 0 saturated heterocycles. The topological polar surface area (TPSA) is 50.2 Å². The van der Waals surface area contributed by atoms with E-state index in [2.05, 4.69) is 4.98 Å². The summed E-state index contributed by atoms with van der Waals surface area (Å²) in [6.45, 7) is 0. The number of nitrogens with zero attached hydrogens (tertiary/aromatic N) is 1. The molecular weight excluding hydrogens is 309 g/mol.